The van der Waals surface area contributed by atoms with E-state index in [0.29, 0.717) is 0 Å². The van der Waals surface area contributed by atoms with E-state index in [9.17, 15) is 0 Å². The molecule has 0 atom stereocenters. The highest BCUT2D eigenvalue weighted by molar-refractivity contribution is 5.40. The Morgan fingerprint density at radius 1 is 1.14 bits per heavy atom. The van der Waals surface area contributed by atoms with Crippen LogP contribution in [0.4, 0.5) is 5.82 Å². The molecule has 14 heavy (non-hydrogen) atoms. The Bertz CT molecular complexity index is 407. The molecule has 0 aromatic carbocycles. The Kier molecular flexibility index (Phi) is 2.14. The Hall–Kier alpha value is -1.91. The molecule has 2 rings (SSSR count). The summed E-state index contributed by atoms with van der Waals surface area (Å²) in [5.41, 5.74) is 0. The summed E-state index contributed by atoms with van der Waals surface area (Å²) in [4.78, 5) is 6.38. The summed E-state index contributed by atoms with van der Waals surface area (Å²) >= 11 is 0. The normalized spacial score (nSPS) is 10.1. The highest BCUT2D eigenvalue weighted by Gasteiger charge is 2.00. The van der Waals surface area contributed by atoms with Crippen LogP contribution in [0.15, 0.2) is 30.9 Å². The zero-order valence-corrected chi connectivity index (χ0v) is 8.12. The van der Waals surface area contributed by atoms with E-state index in [0.717, 1.165) is 11.6 Å². The van der Waals surface area contributed by atoms with Crippen molar-refractivity contribution in [1.29, 1.82) is 0 Å². The smallest absolute Gasteiger partial charge is 0.141 e. The predicted molar refractivity (Wildman–Crippen MR) is 53.5 cm³/mol. The fraction of sp³-hybridized carbons (Fsp3) is 0.222. The summed E-state index contributed by atoms with van der Waals surface area (Å²) < 4.78 is 1.77. The summed E-state index contributed by atoms with van der Waals surface area (Å²) in [7, 11) is 3.91. The molecule has 0 unspecified atom stereocenters. The Morgan fingerprint density at radius 3 is 2.50 bits per heavy atom. The maximum absolute atomic E-state index is 4.42. The van der Waals surface area contributed by atoms with Gasteiger partial charge in [-0.25, -0.2) is 4.98 Å². The lowest BCUT2D eigenvalue weighted by Crippen LogP contribution is -2.11. The van der Waals surface area contributed by atoms with Crippen molar-refractivity contribution >= 4 is 5.82 Å². The molecule has 72 valence electrons. The maximum Gasteiger partial charge on any atom is 0.141 e. The molecule has 0 spiro atoms. The van der Waals surface area contributed by atoms with Gasteiger partial charge in [0.05, 0.1) is 0 Å². The lowest BCUT2D eigenvalue weighted by molar-refractivity contribution is 0.966. The molecule has 2 heterocycles. The van der Waals surface area contributed by atoms with Crippen molar-refractivity contribution in [3.63, 3.8) is 0 Å². The Labute approximate surface area is 82.0 Å². The minimum absolute atomic E-state index is 0.821. The van der Waals surface area contributed by atoms with E-state index in [-0.39, 0.29) is 0 Å². The first-order chi connectivity index (χ1) is 6.77. The number of rotatable bonds is 2. The molecule has 0 saturated carbocycles. The summed E-state index contributed by atoms with van der Waals surface area (Å²) in [6.45, 7) is 0. The lowest BCUT2D eigenvalue weighted by Gasteiger charge is -2.11. The third-order valence-electron chi connectivity index (χ3n) is 1.86. The van der Waals surface area contributed by atoms with E-state index in [1.807, 2.05) is 37.2 Å². The number of hydrogen-bond donors (Lipinski definition) is 0. The minimum atomic E-state index is 0.821. The van der Waals surface area contributed by atoms with Crippen LogP contribution in [0.5, 0.6) is 0 Å². The van der Waals surface area contributed by atoms with Gasteiger partial charge in [0.15, 0.2) is 0 Å². The molecule has 0 aliphatic rings. The van der Waals surface area contributed by atoms with Gasteiger partial charge < -0.3 is 4.90 Å². The first-order valence-electron chi connectivity index (χ1n) is 4.27. The molecular weight excluding hydrogens is 178 g/mol. The Morgan fingerprint density at radius 2 is 1.86 bits per heavy atom. The van der Waals surface area contributed by atoms with Crippen LogP contribution < -0.4 is 4.90 Å². The second-order valence-corrected chi connectivity index (χ2v) is 3.12. The molecule has 0 radical (unpaired) electrons. The zero-order valence-electron chi connectivity index (χ0n) is 8.12. The van der Waals surface area contributed by atoms with Crippen molar-refractivity contribution < 1.29 is 0 Å². The van der Waals surface area contributed by atoms with Crippen LogP contribution in [0.2, 0.25) is 0 Å². The van der Waals surface area contributed by atoms with Gasteiger partial charge >= 0.3 is 0 Å². The van der Waals surface area contributed by atoms with E-state index >= 15 is 0 Å². The second kappa shape index (κ2) is 3.45. The maximum atomic E-state index is 4.42. The molecule has 0 fully saturated rings. The molecule has 0 aliphatic carbocycles. The molecule has 5 heteroatoms. The van der Waals surface area contributed by atoms with Crippen molar-refractivity contribution in [2.24, 2.45) is 0 Å². The molecular formula is C9H11N5. The van der Waals surface area contributed by atoms with Gasteiger partial charge in [0.2, 0.25) is 0 Å². The number of anilines is 1. The van der Waals surface area contributed by atoms with Crippen molar-refractivity contribution in [3.05, 3.63) is 30.9 Å². The van der Waals surface area contributed by atoms with Crippen molar-refractivity contribution in [1.82, 2.24) is 19.7 Å². The number of pyridine rings is 1. The third kappa shape index (κ3) is 1.56. The fourth-order valence-electron chi connectivity index (χ4n) is 1.12. The van der Waals surface area contributed by atoms with E-state index in [1.165, 1.54) is 0 Å². The minimum Gasteiger partial charge on any atom is -0.363 e. The van der Waals surface area contributed by atoms with E-state index < -0.39 is 0 Å². The number of hydrogen-bond acceptors (Lipinski definition) is 4. The van der Waals surface area contributed by atoms with Crippen LogP contribution >= 0.6 is 0 Å². The standard InChI is InChI=1S/C9H11N5/c1-13(2)8-4-3-5-9(12-8)14-6-10-11-7-14/h3-7H,1-2H3. The average Bonchev–Trinajstić information content (AvgIpc) is 2.71. The lowest BCUT2D eigenvalue weighted by atomic mass is 10.4. The Balaban J connectivity index is 2.41. The van der Waals surface area contributed by atoms with Gasteiger partial charge in [-0.15, -0.1) is 10.2 Å². The number of nitrogens with zero attached hydrogens (tertiary/aromatic N) is 5. The second-order valence-electron chi connectivity index (χ2n) is 3.12. The van der Waals surface area contributed by atoms with Gasteiger partial charge in [0.25, 0.3) is 0 Å². The van der Waals surface area contributed by atoms with E-state index in [2.05, 4.69) is 15.2 Å². The molecule has 0 bridgehead atoms. The molecule has 0 N–H and O–H groups in total. The van der Waals surface area contributed by atoms with E-state index in [4.69, 9.17) is 0 Å². The predicted octanol–water partition coefficient (Wildman–Crippen LogP) is 0.728. The molecule has 2 aromatic rings. The molecule has 0 saturated heterocycles. The van der Waals surface area contributed by atoms with Gasteiger partial charge in [-0.3, -0.25) is 4.57 Å². The molecule has 0 amide bonds. The van der Waals surface area contributed by atoms with Crippen LogP contribution in [-0.2, 0) is 0 Å². The topological polar surface area (TPSA) is 46.8 Å². The fourth-order valence-corrected chi connectivity index (χ4v) is 1.12. The van der Waals surface area contributed by atoms with Gasteiger partial charge in [0.1, 0.15) is 24.3 Å². The quantitative estimate of drug-likeness (QED) is 0.698. The monoisotopic (exact) mass is 189 g/mol. The average molecular weight is 189 g/mol. The van der Waals surface area contributed by atoms with Crippen LogP contribution in [0.1, 0.15) is 0 Å². The highest BCUT2D eigenvalue weighted by Crippen LogP contribution is 2.10. The van der Waals surface area contributed by atoms with E-state index in [1.54, 1.807) is 17.2 Å². The van der Waals surface area contributed by atoms with Crippen molar-refractivity contribution in [2.75, 3.05) is 19.0 Å². The highest BCUT2D eigenvalue weighted by atomic mass is 15.3. The summed E-state index contributed by atoms with van der Waals surface area (Å²) in [6, 6.07) is 5.82. The first kappa shape index (κ1) is 8.68. The van der Waals surface area contributed by atoms with Gasteiger partial charge in [-0.05, 0) is 12.1 Å². The van der Waals surface area contributed by atoms with Crippen LogP contribution in [-0.4, -0.2) is 33.8 Å². The molecule has 2 aromatic heterocycles. The van der Waals surface area contributed by atoms with Crippen LogP contribution in [0.25, 0.3) is 5.82 Å². The number of aromatic nitrogens is 4. The third-order valence-corrected chi connectivity index (χ3v) is 1.86. The SMILES string of the molecule is CN(C)c1cccc(-n2cnnc2)n1. The van der Waals surface area contributed by atoms with Crippen molar-refractivity contribution in [3.8, 4) is 5.82 Å². The zero-order chi connectivity index (χ0) is 9.97. The van der Waals surface area contributed by atoms with Crippen molar-refractivity contribution in [2.45, 2.75) is 0 Å². The first-order valence-corrected chi connectivity index (χ1v) is 4.27. The van der Waals surface area contributed by atoms with Gasteiger partial charge in [-0.2, -0.15) is 0 Å². The summed E-state index contributed by atoms with van der Waals surface area (Å²) in [5, 5.41) is 7.46. The molecule has 0 aliphatic heterocycles. The molecule has 5 nitrogen and oxygen atoms in total. The largest absolute Gasteiger partial charge is 0.363 e. The van der Waals surface area contributed by atoms with Crippen LogP contribution in [0.3, 0.4) is 0 Å². The summed E-state index contributed by atoms with van der Waals surface area (Å²) in [5.74, 6) is 1.73. The van der Waals surface area contributed by atoms with Gasteiger partial charge in [0, 0.05) is 14.1 Å². The summed E-state index contributed by atoms with van der Waals surface area (Å²) in [6.07, 6.45) is 3.25. The van der Waals surface area contributed by atoms with Gasteiger partial charge in [-0.1, -0.05) is 6.07 Å². The van der Waals surface area contributed by atoms with Crippen LogP contribution in [0, 0.1) is 0 Å².